The van der Waals surface area contributed by atoms with E-state index in [1.807, 2.05) is 19.9 Å². The van der Waals surface area contributed by atoms with Crippen molar-refractivity contribution >= 4 is 11.8 Å². The van der Waals surface area contributed by atoms with Crippen molar-refractivity contribution in [2.24, 2.45) is 5.92 Å². The summed E-state index contributed by atoms with van der Waals surface area (Å²) < 4.78 is 0. The average molecular weight is 225 g/mol. The van der Waals surface area contributed by atoms with E-state index in [1.165, 1.54) is 0 Å². The molecule has 1 unspecified atom stereocenters. The molecule has 2 N–H and O–H groups in total. The molecule has 90 valence electrons. The van der Waals surface area contributed by atoms with Crippen LogP contribution in [0.3, 0.4) is 0 Å². The minimum absolute atomic E-state index is 0.0969. The monoisotopic (exact) mass is 225 g/mol. The topological polar surface area (TPSA) is 82.0 Å². The van der Waals surface area contributed by atoms with Crippen LogP contribution in [0.1, 0.15) is 33.6 Å². The summed E-state index contributed by atoms with van der Waals surface area (Å²) in [6, 6.07) is 2.01. The van der Waals surface area contributed by atoms with Crippen molar-refractivity contribution in [2.75, 3.05) is 6.54 Å². The first-order valence-corrected chi connectivity index (χ1v) is 5.48. The van der Waals surface area contributed by atoms with Crippen LogP contribution in [0.5, 0.6) is 0 Å². The van der Waals surface area contributed by atoms with Gasteiger partial charge in [0.2, 0.25) is 11.8 Å². The zero-order chi connectivity index (χ0) is 12.6. The van der Waals surface area contributed by atoms with Gasteiger partial charge in [-0.3, -0.25) is 9.59 Å². The maximum Gasteiger partial charge on any atom is 0.237 e. The van der Waals surface area contributed by atoms with Gasteiger partial charge >= 0.3 is 0 Å². The lowest BCUT2D eigenvalue weighted by Crippen LogP contribution is -2.35. The average Bonchev–Trinajstić information content (AvgIpc) is 2.18. The molecule has 0 saturated carbocycles. The highest BCUT2D eigenvalue weighted by Gasteiger charge is 2.14. The Balaban J connectivity index is 3.78. The molecule has 0 aromatic heterocycles. The molecule has 0 aliphatic carbocycles. The van der Waals surface area contributed by atoms with Crippen LogP contribution in [0.4, 0.5) is 0 Å². The summed E-state index contributed by atoms with van der Waals surface area (Å²) in [5, 5.41) is 13.9. The zero-order valence-corrected chi connectivity index (χ0v) is 10.0. The number of nitrogens with zero attached hydrogens (tertiary/aromatic N) is 1. The van der Waals surface area contributed by atoms with E-state index < -0.39 is 5.92 Å². The molecule has 1 atom stereocenters. The summed E-state index contributed by atoms with van der Waals surface area (Å²) in [6.07, 6.45) is 0.728. The van der Waals surface area contributed by atoms with Crippen LogP contribution in [0, 0.1) is 17.2 Å². The molecule has 0 spiro atoms. The predicted octanol–water partition coefficient (Wildman–Crippen LogP) is 0.567. The van der Waals surface area contributed by atoms with Gasteiger partial charge in [0, 0.05) is 19.0 Å². The number of nitriles is 1. The van der Waals surface area contributed by atoms with Gasteiger partial charge in [-0.25, -0.2) is 0 Å². The van der Waals surface area contributed by atoms with Crippen molar-refractivity contribution in [1.82, 2.24) is 10.6 Å². The molecule has 0 rings (SSSR count). The van der Waals surface area contributed by atoms with Gasteiger partial charge in [-0.2, -0.15) is 5.26 Å². The fourth-order valence-electron chi connectivity index (χ4n) is 1.15. The molecule has 0 aliphatic heterocycles. The smallest absolute Gasteiger partial charge is 0.237 e. The van der Waals surface area contributed by atoms with E-state index in [1.54, 1.807) is 6.92 Å². The molecule has 16 heavy (non-hydrogen) atoms. The van der Waals surface area contributed by atoms with E-state index >= 15 is 0 Å². The van der Waals surface area contributed by atoms with E-state index in [4.69, 9.17) is 5.26 Å². The third-order valence-corrected chi connectivity index (χ3v) is 1.98. The molecule has 0 fully saturated rings. The molecule has 5 heteroatoms. The van der Waals surface area contributed by atoms with E-state index in [0.717, 1.165) is 0 Å². The molecule has 5 nitrogen and oxygen atoms in total. The van der Waals surface area contributed by atoms with E-state index in [-0.39, 0.29) is 30.8 Å². The summed E-state index contributed by atoms with van der Waals surface area (Å²) >= 11 is 0. The number of amides is 2. The Hall–Kier alpha value is -1.57. The van der Waals surface area contributed by atoms with Gasteiger partial charge in [-0.1, -0.05) is 6.92 Å². The third-order valence-electron chi connectivity index (χ3n) is 1.98. The molecule has 0 saturated heterocycles. The summed E-state index contributed by atoms with van der Waals surface area (Å²) in [7, 11) is 0. The number of hydrogen-bond acceptors (Lipinski definition) is 3. The molecule has 0 aliphatic rings. The Bertz CT molecular complexity index is 281. The van der Waals surface area contributed by atoms with Crippen molar-refractivity contribution in [3.63, 3.8) is 0 Å². The van der Waals surface area contributed by atoms with Crippen molar-refractivity contribution in [1.29, 1.82) is 5.26 Å². The fourth-order valence-corrected chi connectivity index (χ4v) is 1.15. The van der Waals surface area contributed by atoms with Crippen molar-refractivity contribution in [3.05, 3.63) is 0 Å². The van der Waals surface area contributed by atoms with Gasteiger partial charge in [0.15, 0.2) is 0 Å². The van der Waals surface area contributed by atoms with Gasteiger partial charge in [-0.15, -0.1) is 0 Å². The lowest BCUT2D eigenvalue weighted by molar-refractivity contribution is -0.124. The lowest BCUT2D eigenvalue weighted by atomic mass is 10.1. The SMILES string of the molecule is CCC(C#N)C(=O)NCCC(=O)NC(C)C. The Kier molecular flexibility index (Phi) is 6.93. The first-order chi connectivity index (χ1) is 7.51. The second-order valence-corrected chi connectivity index (χ2v) is 3.85. The van der Waals surface area contributed by atoms with Gasteiger partial charge in [0.05, 0.1) is 6.07 Å². The maximum atomic E-state index is 11.3. The van der Waals surface area contributed by atoms with Crippen LogP contribution < -0.4 is 10.6 Å². The molecular weight excluding hydrogens is 206 g/mol. The summed E-state index contributed by atoms with van der Waals surface area (Å²) in [4.78, 5) is 22.6. The summed E-state index contributed by atoms with van der Waals surface area (Å²) in [5.74, 6) is -1.02. The standard InChI is InChI=1S/C11H19N3O2/c1-4-9(7-12)11(16)13-6-5-10(15)14-8(2)3/h8-9H,4-6H2,1-3H3,(H,13,16)(H,14,15). The van der Waals surface area contributed by atoms with E-state index in [0.29, 0.717) is 6.42 Å². The van der Waals surface area contributed by atoms with Crippen molar-refractivity contribution in [2.45, 2.75) is 39.7 Å². The molecule has 0 aromatic carbocycles. The van der Waals surface area contributed by atoms with Crippen LogP contribution in [0.25, 0.3) is 0 Å². The first-order valence-electron chi connectivity index (χ1n) is 5.48. The minimum Gasteiger partial charge on any atom is -0.354 e. The normalized spacial score (nSPS) is 11.7. The molecule has 0 radical (unpaired) electrons. The van der Waals surface area contributed by atoms with Gasteiger partial charge in [0.1, 0.15) is 5.92 Å². The highest BCUT2D eigenvalue weighted by Crippen LogP contribution is 1.99. The second kappa shape index (κ2) is 7.69. The Morgan fingerprint density at radius 1 is 1.38 bits per heavy atom. The molecule has 2 amide bonds. The quantitative estimate of drug-likeness (QED) is 0.693. The Labute approximate surface area is 96.2 Å². The van der Waals surface area contributed by atoms with E-state index in [9.17, 15) is 9.59 Å². The maximum absolute atomic E-state index is 11.3. The minimum atomic E-state index is -0.617. The lowest BCUT2D eigenvalue weighted by Gasteiger charge is -2.10. The van der Waals surface area contributed by atoms with E-state index in [2.05, 4.69) is 10.6 Å². The fraction of sp³-hybridized carbons (Fsp3) is 0.727. The summed E-state index contributed by atoms with van der Waals surface area (Å²) in [5.41, 5.74) is 0. The molecule has 0 bridgehead atoms. The molecule has 0 aromatic rings. The van der Waals surface area contributed by atoms with Gasteiger partial charge in [-0.05, 0) is 20.3 Å². The predicted molar refractivity (Wildman–Crippen MR) is 60.3 cm³/mol. The van der Waals surface area contributed by atoms with Crippen LogP contribution in [0.2, 0.25) is 0 Å². The number of hydrogen-bond donors (Lipinski definition) is 2. The molecule has 0 heterocycles. The second-order valence-electron chi connectivity index (χ2n) is 3.85. The number of carbonyl (C=O) groups excluding carboxylic acids is 2. The number of rotatable bonds is 6. The summed E-state index contributed by atoms with van der Waals surface area (Å²) in [6.45, 7) is 5.80. The highest BCUT2D eigenvalue weighted by molar-refractivity contribution is 5.82. The largest absolute Gasteiger partial charge is 0.354 e. The van der Waals surface area contributed by atoms with Crippen LogP contribution in [0.15, 0.2) is 0 Å². The van der Waals surface area contributed by atoms with Crippen LogP contribution in [-0.2, 0) is 9.59 Å². The van der Waals surface area contributed by atoms with Gasteiger partial charge in [0.25, 0.3) is 0 Å². The van der Waals surface area contributed by atoms with Crippen LogP contribution in [-0.4, -0.2) is 24.4 Å². The zero-order valence-electron chi connectivity index (χ0n) is 10.0. The Morgan fingerprint density at radius 3 is 2.44 bits per heavy atom. The first kappa shape index (κ1) is 14.4. The highest BCUT2D eigenvalue weighted by atomic mass is 16.2. The third kappa shape index (κ3) is 6.02. The van der Waals surface area contributed by atoms with Gasteiger partial charge < -0.3 is 10.6 Å². The van der Waals surface area contributed by atoms with Crippen molar-refractivity contribution in [3.8, 4) is 6.07 Å². The number of nitrogens with one attached hydrogen (secondary N) is 2. The molecular formula is C11H19N3O2. The Morgan fingerprint density at radius 2 is 2.00 bits per heavy atom. The number of carbonyl (C=O) groups is 2. The van der Waals surface area contributed by atoms with Crippen molar-refractivity contribution < 1.29 is 9.59 Å². The van der Waals surface area contributed by atoms with Crippen LogP contribution >= 0.6 is 0 Å².